The fourth-order valence-corrected chi connectivity index (χ4v) is 1.69. The molecule has 0 bridgehead atoms. The Hall–Kier alpha value is -1.25. The highest BCUT2D eigenvalue weighted by molar-refractivity contribution is 5.09. The lowest BCUT2D eigenvalue weighted by molar-refractivity contribution is 0.330. The molecular formula is C14H21FN2. The molecule has 0 N–H and O–H groups in total. The van der Waals surface area contributed by atoms with Crippen LogP contribution in [-0.4, -0.2) is 16.4 Å². The highest BCUT2D eigenvalue weighted by atomic mass is 19.1. The van der Waals surface area contributed by atoms with Gasteiger partial charge in [-0.05, 0) is 38.3 Å². The van der Waals surface area contributed by atoms with Crippen molar-refractivity contribution in [3.63, 3.8) is 0 Å². The minimum absolute atomic E-state index is 0.671. The van der Waals surface area contributed by atoms with Crippen molar-refractivity contribution < 1.29 is 4.39 Å². The Labute approximate surface area is 103 Å². The molecule has 17 heavy (non-hydrogen) atoms. The van der Waals surface area contributed by atoms with Gasteiger partial charge in [-0.2, -0.15) is 10.2 Å². The summed E-state index contributed by atoms with van der Waals surface area (Å²) in [5.41, 5.74) is 1.97. The maximum absolute atomic E-state index is 12.5. The number of unbranched alkanes of at least 4 members (excludes halogenated alkanes) is 2. The molecule has 0 aromatic carbocycles. The average Bonchev–Trinajstić information content (AvgIpc) is 2.31. The SMILES string of the molecule is C=CCc1ccc(CCCCCC(C)F)nn1. The van der Waals surface area contributed by atoms with Crippen LogP contribution in [0.5, 0.6) is 0 Å². The largest absolute Gasteiger partial charge is 0.248 e. The van der Waals surface area contributed by atoms with Crippen LogP contribution in [0.15, 0.2) is 24.8 Å². The zero-order chi connectivity index (χ0) is 12.5. The van der Waals surface area contributed by atoms with Gasteiger partial charge in [0.15, 0.2) is 0 Å². The van der Waals surface area contributed by atoms with Gasteiger partial charge in [-0.25, -0.2) is 4.39 Å². The third kappa shape index (κ3) is 6.15. The summed E-state index contributed by atoms with van der Waals surface area (Å²) in [7, 11) is 0. The topological polar surface area (TPSA) is 25.8 Å². The first-order chi connectivity index (χ1) is 8.22. The number of alkyl halides is 1. The molecule has 1 heterocycles. The van der Waals surface area contributed by atoms with Crippen molar-refractivity contribution in [3.8, 4) is 0 Å². The molecule has 1 unspecified atom stereocenters. The fourth-order valence-electron chi connectivity index (χ4n) is 1.69. The molecule has 0 aliphatic rings. The van der Waals surface area contributed by atoms with Crippen LogP contribution in [0.3, 0.4) is 0 Å². The van der Waals surface area contributed by atoms with Gasteiger partial charge in [-0.15, -0.1) is 6.58 Å². The van der Waals surface area contributed by atoms with Gasteiger partial charge in [0.25, 0.3) is 0 Å². The third-order valence-electron chi connectivity index (χ3n) is 2.66. The molecule has 1 aromatic rings. The molecule has 0 spiro atoms. The summed E-state index contributed by atoms with van der Waals surface area (Å²) in [5.74, 6) is 0. The minimum Gasteiger partial charge on any atom is -0.248 e. The number of nitrogens with zero attached hydrogens (tertiary/aromatic N) is 2. The highest BCUT2D eigenvalue weighted by Gasteiger charge is 2.00. The van der Waals surface area contributed by atoms with Crippen molar-refractivity contribution in [1.82, 2.24) is 10.2 Å². The number of hydrogen-bond acceptors (Lipinski definition) is 2. The maximum atomic E-state index is 12.5. The predicted molar refractivity (Wildman–Crippen MR) is 68.7 cm³/mol. The summed E-state index contributed by atoms with van der Waals surface area (Å²) in [5, 5.41) is 8.27. The van der Waals surface area contributed by atoms with E-state index >= 15 is 0 Å². The lowest BCUT2D eigenvalue weighted by atomic mass is 10.1. The summed E-state index contributed by atoms with van der Waals surface area (Å²) in [4.78, 5) is 0. The number of allylic oxidation sites excluding steroid dienone is 1. The summed E-state index contributed by atoms with van der Waals surface area (Å²) >= 11 is 0. The smallest absolute Gasteiger partial charge is 0.0973 e. The zero-order valence-electron chi connectivity index (χ0n) is 10.5. The molecule has 1 rings (SSSR count). The number of halogens is 1. The van der Waals surface area contributed by atoms with E-state index in [-0.39, 0.29) is 0 Å². The maximum Gasteiger partial charge on any atom is 0.0973 e. The second-order valence-corrected chi connectivity index (χ2v) is 4.39. The fraction of sp³-hybridized carbons (Fsp3) is 0.571. The monoisotopic (exact) mass is 236 g/mol. The molecule has 94 valence electrons. The van der Waals surface area contributed by atoms with E-state index in [4.69, 9.17) is 0 Å². The van der Waals surface area contributed by atoms with E-state index in [0.717, 1.165) is 43.5 Å². The minimum atomic E-state index is -0.673. The van der Waals surface area contributed by atoms with E-state index in [1.807, 2.05) is 18.2 Å². The van der Waals surface area contributed by atoms with Crippen LogP contribution >= 0.6 is 0 Å². The Bertz CT molecular complexity index is 319. The number of aryl methyl sites for hydroxylation is 1. The van der Waals surface area contributed by atoms with Crippen molar-refractivity contribution in [2.24, 2.45) is 0 Å². The van der Waals surface area contributed by atoms with E-state index in [1.165, 1.54) is 0 Å². The standard InChI is InChI=1S/C14H21FN2/c1-3-7-13-10-11-14(17-16-13)9-6-4-5-8-12(2)15/h3,10-12H,1,4-9H2,2H3. The summed E-state index contributed by atoms with van der Waals surface area (Å²) in [6.45, 7) is 5.28. The van der Waals surface area contributed by atoms with E-state index in [9.17, 15) is 4.39 Å². The molecule has 1 atom stereocenters. The number of hydrogen-bond donors (Lipinski definition) is 0. The predicted octanol–water partition coefficient (Wildman–Crippen LogP) is 3.67. The van der Waals surface area contributed by atoms with E-state index in [0.29, 0.717) is 6.42 Å². The molecule has 0 saturated heterocycles. The van der Waals surface area contributed by atoms with Crippen LogP contribution in [0.2, 0.25) is 0 Å². The molecule has 2 nitrogen and oxygen atoms in total. The Kier molecular flexibility index (Phi) is 6.45. The number of aromatic nitrogens is 2. The first kappa shape index (κ1) is 13.8. The van der Waals surface area contributed by atoms with Gasteiger partial charge in [0.1, 0.15) is 0 Å². The Balaban J connectivity index is 2.20. The van der Waals surface area contributed by atoms with Crippen LogP contribution in [0, 0.1) is 0 Å². The van der Waals surface area contributed by atoms with Crippen molar-refractivity contribution >= 4 is 0 Å². The van der Waals surface area contributed by atoms with Gasteiger partial charge >= 0.3 is 0 Å². The molecule has 0 saturated carbocycles. The van der Waals surface area contributed by atoms with Crippen LogP contribution in [-0.2, 0) is 12.8 Å². The van der Waals surface area contributed by atoms with Crippen molar-refractivity contribution in [2.75, 3.05) is 0 Å². The quantitative estimate of drug-likeness (QED) is 0.508. The van der Waals surface area contributed by atoms with E-state index in [2.05, 4.69) is 16.8 Å². The highest BCUT2D eigenvalue weighted by Crippen LogP contribution is 2.09. The Morgan fingerprint density at radius 1 is 1.24 bits per heavy atom. The molecule has 3 heteroatoms. The van der Waals surface area contributed by atoms with E-state index in [1.54, 1.807) is 6.92 Å². The van der Waals surface area contributed by atoms with Gasteiger partial charge < -0.3 is 0 Å². The second kappa shape index (κ2) is 7.93. The van der Waals surface area contributed by atoms with Crippen molar-refractivity contribution in [3.05, 3.63) is 36.2 Å². The van der Waals surface area contributed by atoms with Gasteiger partial charge in [-0.1, -0.05) is 18.9 Å². The van der Waals surface area contributed by atoms with Crippen LogP contribution < -0.4 is 0 Å². The van der Waals surface area contributed by atoms with Gasteiger partial charge in [0.05, 0.1) is 17.6 Å². The summed E-state index contributed by atoms with van der Waals surface area (Å²) < 4.78 is 12.5. The van der Waals surface area contributed by atoms with Crippen LogP contribution in [0.1, 0.15) is 44.0 Å². The van der Waals surface area contributed by atoms with E-state index < -0.39 is 6.17 Å². The molecule has 0 aliphatic carbocycles. The van der Waals surface area contributed by atoms with Crippen LogP contribution in [0.25, 0.3) is 0 Å². The second-order valence-electron chi connectivity index (χ2n) is 4.39. The van der Waals surface area contributed by atoms with Gasteiger partial charge in [0.2, 0.25) is 0 Å². The normalized spacial score (nSPS) is 12.4. The van der Waals surface area contributed by atoms with Crippen molar-refractivity contribution in [2.45, 2.75) is 51.6 Å². The third-order valence-corrected chi connectivity index (χ3v) is 2.66. The van der Waals surface area contributed by atoms with Crippen molar-refractivity contribution in [1.29, 1.82) is 0 Å². The molecule has 0 fully saturated rings. The Morgan fingerprint density at radius 3 is 2.53 bits per heavy atom. The summed E-state index contributed by atoms with van der Waals surface area (Å²) in [6.07, 6.45) is 6.59. The molecule has 0 aliphatic heterocycles. The zero-order valence-corrected chi connectivity index (χ0v) is 10.5. The van der Waals surface area contributed by atoms with Gasteiger partial charge in [-0.3, -0.25) is 0 Å². The van der Waals surface area contributed by atoms with Crippen LogP contribution in [0.4, 0.5) is 4.39 Å². The number of rotatable bonds is 8. The summed E-state index contributed by atoms with van der Waals surface area (Å²) in [6, 6.07) is 4.01. The molecule has 0 amide bonds. The lowest BCUT2D eigenvalue weighted by Crippen LogP contribution is -1.97. The lowest BCUT2D eigenvalue weighted by Gasteiger charge is -2.02. The average molecular weight is 236 g/mol. The first-order valence-electron chi connectivity index (χ1n) is 6.29. The molecule has 1 aromatic heterocycles. The molecular weight excluding hydrogens is 215 g/mol. The Morgan fingerprint density at radius 2 is 1.94 bits per heavy atom. The first-order valence-corrected chi connectivity index (χ1v) is 6.29. The molecule has 0 radical (unpaired) electrons. The van der Waals surface area contributed by atoms with Gasteiger partial charge in [0, 0.05) is 6.42 Å².